The Hall–Kier alpha value is -6.87. The number of amides is 1. The molecule has 0 bridgehead atoms. The molecule has 19 heteroatoms. The molecule has 3 fully saturated rings. The van der Waals surface area contributed by atoms with Gasteiger partial charge in [-0.2, -0.15) is 4.31 Å². The van der Waals surface area contributed by atoms with Crippen molar-refractivity contribution in [2.24, 2.45) is 22.7 Å². The average molecular weight is 1340 g/mol. The van der Waals surface area contributed by atoms with Crippen molar-refractivity contribution >= 4 is 41.6 Å². The van der Waals surface area contributed by atoms with E-state index in [1.165, 1.54) is 27.8 Å². The van der Waals surface area contributed by atoms with E-state index in [-0.39, 0.29) is 42.1 Å². The number of aliphatic hydroxyl groups excluding tert-OH is 1. The van der Waals surface area contributed by atoms with Gasteiger partial charge in [0.2, 0.25) is 10.0 Å². The topological polar surface area (TPSA) is 172 Å². The molecule has 3 saturated heterocycles. The summed E-state index contributed by atoms with van der Waals surface area (Å²) in [7, 11) is -0.272. The van der Waals surface area contributed by atoms with Crippen LogP contribution in [0.15, 0.2) is 205 Å². The third kappa shape index (κ3) is 25.4. The van der Waals surface area contributed by atoms with Crippen LogP contribution in [0, 0.1) is 29.6 Å². The molecule has 0 radical (unpaired) electrons. The second-order valence-electron chi connectivity index (χ2n) is 28.5. The summed E-state index contributed by atoms with van der Waals surface area (Å²) in [6.45, 7) is 25.8. The van der Waals surface area contributed by atoms with Crippen LogP contribution in [0.4, 0.5) is 16.2 Å². The van der Waals surface area contributed by atoms with Gasteiger partial charge in [0.05, 0.1) is 42.7 Å². The van der Waals surface area contributed by atoms with Crippen molar-refractivity contribution in [3.05, 3.63) is 234 Å². The molecule has 10 rings (SSSR count). The summed E-state index contributed by atoms with van der Waals surface area (Å²) in [6, 6.07) is 67.0. The van der Waals surface area contributed by atoms with E-state index < -0.39 is 35.3 Å². The van der Waals surface area contributed by atoms with Gasteiger partial charge in [-0.05, 0) is 147 Å². The fourth-order valence-electron chi connectivity index (χ4n) is 12.2. The number of ether oxygens (including phenoxy) is 3. The van der Waals surface area contributed by atoms with E-state index in [1.807, 2.05) is 110 Å². The summed E-state index contributed by atoms with van der Waals surface area (Å²) < 4.78 is 52.0. The number of carbonyl (C=O) groups excluding carboxylic acids is 1. The Balaban J connectivity index is 0.000000212. The quantitative estimate of drug-likeness (QED) is 0.0226. The molecular formula is C78H107B2N7O9S. The first-order chi connectivity index (χ1) is 46.5. The minimum absolute atomic E-state index is 0.00496. The predicted octanol–water partition coefficient (Wildman–Crippen LogP) is 12.6. The molecule has 0 aromatic heterocycles. The number of hydrogen-bond donors (Lipinski definition) is 4. The maximum Gasteiger partial charge on any atom is 0.440 e. The molecule has 7 aromatic carbocycles. The van der Waals surface area contributed by atoms with Gasteiger partial charge in [0.15, 0.2) is 6.29 Å². The predicted molar refractivity (Wildman–Crippen MR) is 394 cm³/mol. The fraction of sp³-hybridized carbons (Fsp3) is 0.449. The first kappa shape index (κ1) is 75.9. The molecule has 3 aliphatic heterocycles. The van der Waals surface area contributed by atoms with Gasteiger partial charge in [0.1, 0.15) is 6.10 Å². The first-order valence-corrected chi connectivity index (χ1v) is 36.1. The van der Waals surface area contributed by atoms with Crippen LogP contribution < -0.4 is 20.3 Å². The number of sulfonamides is 1. The number of alkyl carbamates (subject to hydrolysis) is 1. The Morgan fingerprint density at radius 1 is 0.680 bits per heavy atom. The Kier molecular flexibility index (Phi) is 29.2. The first-order valence-electron chi connectivity index (χ1n) is 34.6. The molecule has 0 saturated carbocycles. The summed E-state index contributed by atoms with van der Waals surface area (Å²) in [5.74, 6) is 0.275. The van der Waals surface area contributed by atoms with Crippen LogP contribution in [-0.4, -0.2) is 150 Å². The highest BCUT2D eigenvalue weighted by atomic mass is 32.2. The number of benzene rings is 7. The summed E-state index contributed by atoms with van der Waals surface area (Å²) in [4.78, 5) is 22.1. The van der Waals surface area contributed by atoms with E-state index in [9.17, 15) is 23.3 Å². The number of nitrogens with one attached hydrogen (secondary N) is 2. The van der Waals surface area contributed by atoms with E-state index in [0.717, 1.165) is 82.0 Å². The third-order valence-electron chi connectivity index (χ3n) is 18.2. The number of aryl methyl sites for hydroxylation is 1. The molecule has 5 atom stereocenters. The van der Waals surface area contributed by atoms with Crippen molar-refractivity contribution in [2.45, 2.75) is 137 Å². The second-order valence-corrected chi connectivity index (χ2v) is 30.4. The number of carbonyl (C=O) groups is 1. The largest absolute Gasteiger partial charge is 0.443 e. The second kappa shape index (κ2) is 37.4. The van der Waals surface area contributed by atoms with Crippen LogP contribution in [0.5, 0.6) is 0 Å². The average Bonchev–Trinajstić information content (AvgIpc) is 1.72. The van der Waals surface area contributed by atoms with Gasteiger partial charge in [0, 0.05) is 63.7 Å². The normalized spacial score (nSPS) is 16.6. The van der Waals surface area contributed by atoms with Crippen molar-refractivity contribution in [1.29, 1.82) is 0 Å². The molecule has 3 heterocycles. The monoisotopic (exact) mass is 1340 g/mol. The molecule has 0 aliphatic carbocycles. The van der Waals surface area contributed by atoms with Crippen molar-refractivity contribution in [2.75, 3.05) is 82.7 Å². The van der Waals surface area contributed by atoms with E-state index in [0.29, 0.717) is 50.7 Å². The summed E-state index contributed by atoms with van der Waals surface area (Å²) in [6.07, 6.45) is 1.21. The van der Waals surface area contributed by atoms with Gasteiger partial charge in [0.25, 0.3) is 0 Å². The molecule has 1 amide bonds. The van der Waals surface area contributed by atoms with Crippen molar-refractivity contribution in [1.82, 2.24) is 24.7 Å². The third-order valence-corrected chi connectivity index (χ3v) is 20.0. The molecule has 0 spiro atoms. The minimum Gasteiger partial charge on any atom is -0.443 e. The summed E-state index contributed by atoms with van der Waals surface area (Å²) >= 11 is 0. The molecule has 16 nitrogen and oxygen atoms in total. The van der Waals surface area contributed by atoms with Gasteiger partial charge < -0.3 is 49.3 Å². The van der Waals surface area contributed by atoms with Gasteiger partial charge >= 0.3 is 20.2 Å². The number of anilines is 2. The fourth-order valence-corrected chi connectivity index (χ4v) is 14.1. The molecule has 4 unspecified atom stereocenters. The lowest BCUT2D eigenvalue weighted by Crippen LogP contribution is -2.50. The highest BCUT2D eigenvalue weighted by Gasteiger charge is 2.44. The van der Waals surface area contributed by atoms with Crippen LogP contribution in [0.3, 0.4) is 0 Å². The lowest BCUT2D eigenvalue weighted by molar-refractivity contribution is -0.0907. The Labute approximate surface area is 581 Å². The van der Waals surface area contributed by atoms with E-state index >= 15 is 0 Å². The van der Waals surface area contributed by atoms with Crippen LogP contribution in [0.2, 0.25) is 6.82 Å². The number of rotatable bonds is 33. The number of fused-ring (bicyclic) bond motifs is 1. The maximum atomic E-state index is 14.0. The molecule has 7 aromatic rings. The Bertz CT molecular complexity index is 3450. The smallest absolute Gasteiger partial charge is 0.440 e. The SMILES string of the molecule is CB(O)N(C)c1cccc(C)c1.CC(C)(CCN(Cc1ccccc1)Cc1ccccc1)CNCC(O)[C@H](Cc1ccccc1)NC(=O)OC1COC2OCCC12.CC(C)CN(CC(C)(C)CCN(Cc1ccccc1)Cc1ccccc1)S(=O)(=O)c1cccc(N(C)B2CO2)c1. The van der Waals surface area contributed by atoms with Gasteiger partial charge in [-0.15, -0.1) is 0 Å². The number of nitrogens with zero attached hydrogens (tertiary/aromatic N) is 5. The van der Waals surface area contributed by atoms with Gasteiger partial charge in [-0.3, -0.25) is 9.80 Å². The van der Waals surface area contributed by atoms with Crippen molar-refractivity contribution in [3.63, 3.8) is 0 Å². The van der Waals surface area contributed by atoms with Crippen molar-refractivity contribution < 1.29 is 42.2 Å². The highest BCUT2D eigenvalue weighted by molar-refractivity contribution is 7.89. The minimum atomic E-state index is -3.67. The van der Waals surface area contributed by atoms with Crippen molar-refractivity contribution in [3.8, 4) is 0 Å². The molecule has 97 heavy (non-hydrogen) atoms. The van der Waals surface area contributed by atoms with Crippen LogP contribution in [-0.2, 0) is 61.5 Å². The standard InChI is InChI=1S/C37H49N3O5.C32H44BN3O3S.C9H14BNO/c1-37(2,19-20-40(24-29-14-8-4-9-15-29)25-30-16-10-5-11-17-30)27-38-23-33(41)32(22-28-12-6-3-7-13-28)39-36(42)45-34-26-44-35-31(34)18-21-43-35;1-27(2)22-36(40(37,38)31-18-12-17-30(21-31)34(5)33-26-39-33)25-32(3,4)19-20-35(23-28-13-8-6-9-14-28)24-29-15-10-7-11-16-29;1-8-5-4-6-9(7-8)11(3)10(2)12/h3-17,31-35,38,41H,18-27H2,1-2H3,(H,39,42);6-18,21,27H,19-20,22-26H2,1-5H3;4-7,12H,1-3H3/t31?,32-,33?,34?,35?;;/m0../s1. The molecule has 4 N–H and O–H groups in total. The zero-order chi connectivity index (χ0) is 69.4. The van der Waals surface area contributed by atoms with Crippen LogP contribution in [0.25, 0.3) is 0 Å². The van der Waals surface area contributed by atoms with Gasteiger partial charge in [-0.1, -0.05) is 211 Å². The Morgan fingerprint density at radius 3 is 1.67 bits per heavy atom. The maximum absolute atomic E-state index is 14.0. The van der Waals surface area contributed by atoms with E-state index in [2.05, 4.69) is 171 Å². The van der Waals surface area contributed by atoms with E-state index in [4.69, 9.17) is 18.9 Å². The molecule has 3 aliphatic rings. The van der Waals surface area contributed by atoms with E-state index in [1.54, 1.807) is 23.3 Å². The highest BCUT2D eigenvalue weighted by Crippen LogP contribution is 2.34. The lowest BCUT2D eigenvalue weighted by atomic mass is 9.85. The number of hydrogen-bond acceptors (Lipinski definition) is 14. The summed E-state index contributed by atoms with van der Waals surface area (Å²) in [5, 5.41) is 27.0. The van der Waals surface area contributed by atoms with Gasteiger partial charge in [-0.25, -0.2) is 13.2 Å². The lowest BCUT2D eigenvalue weighted by Gasteiger charge is -2.35. The summed E-state index contributed by atoms with van der Waals surface area (Å²) in [5.41, 5.74) is 9.09. The van der Waals surface area contributed by atoms with Crippen LogP contribution in [0.1, 0.15) is 94.2 Å². The number of aliphatic hydroxyl groups is 1. The molecular weight excluding hydrogens is 1230 g/mol. The zero-order valence-electron chi connectivity index (χ0n) is 59.1. The van der Waals surface area contributed by atoms with Crippen LogP contribution >= 0.6 is 0 Å². The Morgan fingerprint density at radius 2 is 1.18 bits per heavy atom. The molecule has 520 valence electrons. The zero-order valence-corrected chi connectivity index (χ0v) is 59.9.